The Morgan fingerprint density at radius 3 is 2.26 bits per heavy atom. The maximum Gasteiger partial charge on any atom is 0.375 e. The van der Waals surface area contributed by atoms with E-state index in [2.05, 4.69) is 14.7 Å². The van der Waals surface area contributed by atoms with Gasteiger partial charge in [0, 0.05) is 13.8 Å². The van der Waals surface area contributed by atoms with E-state index in [-0.39, 0.29) is 12.4 Å². The molecule has 2 heterocycles. The summed E-state index contributed by atoms with van der Waals surface area (Å²) in [6.45, 7) is 5.42. The fourth-order valence-corrected chi connectivity index (χ4v) is 1.14. The standard InChI is InChI=1S/C7H9NO3.C5H7NO2/c1-3-10-7(9)6-4-8-5(2)11-6;1-4-6-2-5(3-7)8-4/h4H,3H2,1-2H3;2,7H,3H2,1H3. The summed E-state index contributed by atoms with van der Waals surface area (Å²) in [7, 11) is 0. The summed E-state index contributed by atoms with van der Waals surface area (Å²) < 4.78 is 14.5. The van der Waals surface area contributed by atoms with Crippen molar-refractivity contribution in [2.24, 2.45) is 0 Å². The van der Waals surface area contributed by atoms with Crippen LogP contribution in [0.1, 0.15) is 35.0 Å². The maximum absolute atomic E-state index is 10.9. The van der Waals surface area contributed by atoms with Crippen molar-refractivity contribution < 1.29 is 23.5 Å². The third kappa shape index (κ3) is 4.92. The Morgan fingerprint density at radius 1 is 1.26 bits per heavy atom. The van der Waals surface area contributed by atoms with Gasteiger partial charge in [-0.15, -0.1) is 0 Å². The van der Waals surface area contributed by atoms with Gasteiger partial charge < -0.3 is 18.7 Å². The summed E-state index contributed by atoms with van der Waals surface area (Å²) in [6.07, 6.45) is 2.86. The molecule has 0 fully saturated rings. The molecule has 2 rings (SSSR count). The van der Waals surface area contributed by atoms with Crippen molar-refractivity contribution in [3.63, 3.8) is 0 Å². The van der Waals surface area contributed by atoms with Crippen LogP contribution in [0.2, 0.25) is 0 Å². The summed E-state index contributed by atoms with van der Waals surface area (Å²) in [5.41, 5.74) is 0. The minimum Gasteiger partial charge on any atom is -0.460 e. The van der Waals surface area contributed by atoms with Gasteiger partial charge in [0.15, 0.2) is 11.8 Å². The molecule has 0 saturated heterocycles. The van der Waals surface area contributed by atoms with E-state index in [9.17, 15) is 4.79 Å². The molecule has 0 atom stereocenters. The minimum atomic E-state index is -0.465. The number of aliphatic hydroxyl groups excluding tert-OH is 1. The number of esters is 1. The van der Waals surface area contributed by atoms with E-state index >= 15 is 0 Å². The molecule has 0 unspecified atom stereocenters. The van der Waals surface area contributed by atoms with Crippen LogP contribution in [0, 0.1) is 13.8 Å². The first-order valence-corrected chi connectivity index (χ1v) is 5.68. The number of nitrogens with zero attached hydrogens (tertiary/aromatic N) is 2. The largest absolute Gasteiger partial charge is 0.460 e. The molecule has 0 bridgehead atoms. The predicted molar refractivity (Wildman–Crippen MR) is 64.4 cm³/mol. The van der Waals surface area contributed by atoms with Crippen molar-refractivity contribution in [2.75, 3.05) is 6.61 Å². The molecule has 19 heavy (non-hydrogen) atoms. The van der Waals surface area contributed by atoms with E-state index in [1.165, 1.54) is 12.4 Å². The number of ether oxygens (including phenoxy) is 1. The highest BCUT2D eigenvalue weighted by Crippen LogP contribution is 2.03. The van der Waals surface area contributed by atoms with Gasteiger partial charge in [0.05, 0.1) is 19.0 Å². The molecule has 7 heteroatoms. The first-order valence-electron chi connectivity index (χ1n) is 5.68. The molecule has 0 spiro atoms. The molecule has 2 aromatic rings. The highest BCUT2D eigenvalue weighted by molar-refractivity contribution is 5.85. The maximum atomic E-state index is 10.9. The van der Waals surface area contributed by atoms with Crippen molar-refractivity contribution in [2.45, 2.75) is 27.4 Å². The number of aryl methyl sites for hydroxylation is 2. The van der Waals surface area contributed by atoms with Gasteiger partial charge in [-0.1, -0.05) is 0 Å². The number of aliphatic hydroxyl groups is 1. The zero-order chi connectivity index (χ0) is 14.3. The lowest BCUT2D eigenvalue weighted by atomic mass is 10.5. The smallest absolute Gasteiger partial charge is 0.375 e. The summed E-state index contributed by atoms with van der Waals surface area (Å²) in [6, 6.07) is 0. The molecule has 0 aliphatic heterocycles. The highest BCUT2D eigenvalue weighted by atomic mass is 16.5. The summed E-state index contributed by atoms with van der Waals surface area (Å²) in [5, 5.41) is 8.42. The Balaban J connectivity index is 0.000000200. The zero-order valence-electron chi connectivity index (χ0n) is 11.0. The minimum absolute atomic E-state index is 0.0686. The molecular formula is C12H16N2O5. The van der Waals surface area contributed by atoms with Crippen LogP contribution in [0.15, 0.2) is 21.2 Å². The SMILES string of the molecule is CCOC(=O)c1cnc(C)o1.Cc1ncc(CO)o1. The van der Waals surface area contributed by atoms with Crippen LogP contribution in [0.25, 0.3) is 0 Å². The van der Waals surface area contributed by atoms with Crippen molar-refractivity contribution in [3.05, 3.63) is 35.7 Å². The van der Waals surface area contributed by atoms with Crippen molar-refractivity contribution in [1.29, 1.82) is 0 Å². The number of aromatic nitrogens is 2. The van der Waals surface area contributed by atoms with E-state index in [0.29, 0.717) is 24.1 Å². The van der Waals surface area contributed by atoms with Gasteiger partial charge in [0.25, 0.3) is 0 Å². The number of oxazole rings is 2. The molecule has 2 aromatic heterocycles. The van der Waals surface area contributed by atoms with Gasteiger partial charge in [0.2, 0.25) is 5.76 Å². The van der Waals surface area contributed by atoms with Crippen LogP contribution in [0.4, 0.5) is 0 Å². The molecule has 0 aliphatic carbocycles. The fraction of sp³-hybridized carbons (Fsp3) is 0.417. The van der Waals surface area contributed by atoms with E-state index in [0.717, 1.165) is 0 Å². The Kier molecular flexibility index (Phi) is 5.74. The number of carbonyl (C=O) groups excluding carboxylic acids is 1. The van der Waals surface area contributed by atoms with Crippen LogP contribution in [-0.4, -0.2) is 27.7 Å². The topological polar surface area (TPSA) is 98.6 Å². The van der Waals surface area contributed by atoms with E-state index < -0.39 is 5.97 Å². The first kappa shape index (κ1) is 14.9. The third-order valence-electron chi connectivity index (χ3n) is 1.92. The van der Waals surface area contributed by atoms with Crippen molar-refractivity contribution >= 4 is 5.97 Å². The highest BCUT2D eigenvalue weighted by Gasteiger charge is 2.10. The fourth-order valence-electron chi connectivity index (χ4n) is 1.14. The number of rotatable bonds is 3. The normalized spacial score (nSPS) is 9.68. The molecule has 0 radical (unpaired) electrons. The summed E-state index contributed by atoms with van der Waals surface area (Å²) >= 11 is 0. The van der Waals surface area contributed by atoms with Crippen LogP contribution in [0.5, 0.6) is 0 Å². The average molecular weight is 268 g/mol. The molecule has 104 valence electrons. The molecule has 0 amide bonds. The number of hydrogen-bond acceptors (Lipinski definition) is 7. The quantitative estimate of drug-likeness (QED) is 0.844. The Labute approximate surface area is 110 Å². The van der Waals surface area contributed by atoms with Gasteiger partial charge in [0.1, 0.15) is 12.4 Å². The van der Waals surface area contributed by atoms with Gasteiger partial charge in [-0.3, -0.25) is 0 Å². The van der Waals surface area contributed by atoms with E-state index in [1.807, 2.05) is 0 Å². The summed E-state index contributed by atoms with van der Waals surface area (Å²) in [4.78, 5) is 18.4. The Hall–Kier alpha value is -2.15. The third-order valence-corrected chi connectivity index (χ3v) is 1.92. The van der Waals surface area contributed by atoms with Gasteiger partial charge in [-0.25, -0.2) is 14.8 Å². The second kappa shape index (κ2) is 7.32. The molecular weight excluding hydrogens is 252 g/mol. The second-order valence-corrected chi connectivity index (χ2v) is 3.47. The number of hydrogen-bond donors (Lipinski definition) is 1. The van der Waals surface area contributed by atoms with Gasteiger partial charge in [-0.05, 0) is 6.92 Å². The van der Waals surface area contributed by atoms with Crippen LogP contribution in [0.3, 0.4) is 0 Å². The lowest BCUT2D eigenvalue weighted by Crippen LogP contribution is -2.02. The van der Waals surface area contributed by atoms with Crippen LogP contribution >= 0.6 is 0 Å². The van der Waals surface area contributed by atoms with E-state index in [4.69, 9.17) is 13.9 Å². The number of carbonyl (C=O) groups is 1. The second-order valence-electron chi connectivity index (χ2n) is 3.47. The van der Waals surface area contributed by atoms with Crippen LogP contribution < -0.4 is 0 Å². The molecule has 1 N–H and O–H groups in total. The first-order chi connectivity index (χ1) is 9.06. The van der Waals surface area contributed by atoms with Crippen molar-refractivity contribution in [1.82, 2.24) is 9.97 Å². The van der Waals surface area contributed by atoms with Gasteiger partial charge >= 0.3 is 5.97 Å². The van der Waals surface area contributed by atoms with Crippen LogP contribution in [-0.2, 0) is 11.3 Å². The monoisotopic (exact) mass is 268 g/mol. The van der Waals surface area contributed by atoms with E-state index in [1.54, 1.807) is 20.8 Å². The van der Waals surface area contributed by atoms with Gasteiger partial charge in [-0.2, -0.15) is 0 Å². The lowest BCUT2D eigenvalue weighted by molar-refractivity contribution is 0.0488. The molecule has 7 nitrogen and oxygen atoms in total. The Bertz CT molecular complexity index is 518. The molecule has 0 saturated carbocycles. The average Bonchev–Trinajstić information content (AvgIpc) is 2.99. The predicted octanol–water partition coefficient (Wildman–Crippen LogP) is 1.64. The lowest BCUT2D eigenvalue weighted by Gasteiger charge is -1.94. The molecule has 0 aliphatic rings. The zero-order valence-corrected chi connectivity index (χ0v) is 11.0. The Morgan fingerprint density at radius 2 is 1.89 bits per heavy atom. The molecule has 0 aromatic carbocycles. The van der Waals surface area contributed by atoms with Crippen molar-refractivity contribution in [3.8, 4) is 0 Å². The summed E-state index contributed by atoms with van der Waals surface area (Å²) in [5.74, 6) is 1.27.